The Balaban J connectivity index is 0. The second-order valence-corrected chi connectivity index (χ2v) is 3.29. The number of esters is 1. The van der Waals surface area contributed by atoms with E-state index in [-0.39, 0.29) is 19.0 Å². The third-order valence-electron chi connectivity index (χ3n) is 1.96. The Labute approximate surface area is 108 Å². The van der Waals surface area contributed by atoms with Crippen molar-refractivity contribution in [3.05, 3.63) is 0 Å². The van der Waals surface area contributed by atoms with E-state index in [4.69, 9.17) is 10.5 Å². The fourth-order valence-electron chi connectivity index (χ4n) is 1.05. The number of halogens is 1. The van der Waals surface area contributed by atoms with Gasteiger partial charge in [0.2, 0.25) is 0 Å². The molecule has 3 N–H and O–H groups in total. The molecule has 0 aliphatic heterocycles. The number of nitrogens with two attached hydrogens (primary N) is 1. The zero-order valence-electron chi connectivity index (χ0n) is 10.2. The van der Waals surface area contributed by atoms with Gasteiger partial charge >= 0.3 is 12.1 Å². The van der Waals surface area contributed by atoms with E-state index >= 15 is 0 Å². The van der Waals surface area contributed by atoms with E-state index in [9.17, 15) is 9.59 Å². The second kappa shape index (κ2) is 11.5. The van der Waals surface area contributed by atoms with E-state index in [1.807, 2.05) is 6.92 Å². The predicted octanol–water partition coefficient (Wildman–Crippen LogP) is 0.825. The lowest BCUT2D eigenvalue weighted by Gasteiger charge is -2.15. The van der Waals surface area contributed by atoms with Crippen LogP contribution < -0.4 is 11.1 Å². The van der Waals surface area contributed by atoms with Crippen LogP contribution in [0.2, 0.25) is 0 Å². The summed E-state index contributed by atoms with van der Waals surface area (Å²) in [6, 6.07) is -0.732. The smallest absolute Gasteiger partial charge is 0.407 e. The molecule has 7 heteroatoms. The largest absolute Gasteiger partial charge is 0.467 e. The lowest BCUT2D eigenvalue weighted by atomic mass is 10.2. The average Bonchev–Trinajstić information content (AvgIpc) is 2.28. The Morgan fingerprint density at radius 3 is 2.53 bits per heavy atom. The molecule has 1 amide bonds. The first-order valence-corrected chi connectivity index (χ1v) is 5.36. The van der Waals surface area contributed by atoms with Gasteiger partial charge in [-0.15, -0.1) is 12.4 Å². The zero-order chi connectivity index (χ0) is 12.4. The van der Waals surface area contributed by atoms with Crippen LogP contribution in [0.15, 0.2) is 0 Å². The van der Waals surface area contributed by atoms with Crippen LogP contribution in [0.5, 0.6) is 0 Å². The Morgan fingerprint density at radius 1 is 1.41 bits per heavy atom. The summed E-state index contributed by atoms with van der Waals surface area (Å²) in [4.78, 5) is 22.5. The number of hydrogen-bond donors (Lipinski definition) is 2. The Kier molecular flexibility index (Phi) is 12.4. The van der Waals surface area contributed by atoms with Crippen molar-refractivity contribution in [1.82, 2.24) is 5.32 Å². The molecular formula is C10H21ClN2O4. The van der Waals surface area contributed by atoms with Gasteiger partial charge in [0.05, 0.1) is 13.7 Å². The minimum atomic E-state index is -0.732. The quantitative estimate of drug-likeness (QED) is 0.527. The van der Waals surface area contributed by atoms with Crippen molar-refractivity contribution in [3.63, 3.8) is 0 Å². The highest BCUT2D eigenvalue weighted by Crippen LogP contribution is 1.95. The molecule has 17 heavy (non-hydrogen) atoms. The second-order valence-electron chi connectivity index (χ2n) is 3.29. The van der Waals surface area contributed by atoms with Gasteiger partial charge in [-0.3, -0.25) is 0 Å². The van der Waals surface area contributed by atoms with E-state index in [0.717, 1.165) is 12.8 Å². The maximum absolute atomic E-state index is 11.2. The minimum Gasteiger partial charge on any atom is -0.467 e. The monoisotopic (exact) mass is 268 g/mol. The van der Waals surface area contributed by atoms with Crippen molar-refractivity contribution in [1.29, 1.82) is 0 Å². The number of methoxy groups -OCH3 is 1. The highest BCUT2D eigenvalue weighted by molar-refractivity contribution is 5.85. The fourth-order valence-corrected chi connectivity index (χ4v) is 1.05. The van der Waals surface area contributed by atoms with Gasteiger partial charge in [-0.05, 0) is 19.4 Å². The number of unbranched alkanes of at least 4 members (excludes halogenated alkanes) is 1. The standard InChI is InChI=1S/C10H20N2O4.ClH/c1-3-4-7-16-10(14)12-8(5-6-11)9(13)15-2;/h8H,3-7,11H2,1-2H3,(H,12,14);1H. The predicted molar refractivity (Wildman–Crippen MR) is 66.1 cm³/mol. The SMILES string of the molecule is CCCCOC(=O)NC(CCN)C(=O)OC.Cl. The molecule has 0 saturated heterocycles. The van der Waals surface area contributed by atoms with Crippen molar-refractivity contribution in [2.24, 2.45) is 5.73 Å². The number of hydrogen-bond acceptors (Lipinski definition) is 5. The molecule has 1 unspecified atom stereocenters. The minimum absolute atomic E-state index is 0. The normalized spacial score (nSPS) is 11.0. The third kappa shape index (κ3) is 8.76. The molecule has 0 aromatic heterocycles. The van der Waals surface area contributed by atoms with Gasteiger partial charge in [0.15, 0.2) is 0 Å². The van der Waals surface area contributed by atoms with Crippen LogP contribution in [-0.4, -0.2) is 38.4 Å². The molecule has 0 aromatic rings. The van der Waals surface area contributed by atoms with Gasteiger partial charge in [-0.1, -0.05) is 13.3 Å². The average molecular weight is 269 g/mol. The van der Waals surface area contributed by atoms with Crippen molar-refractivity contribution in [2.45, 2.75) is 32.2 Å². The molecule has 0 rings (SSSR count). The first-order valence-electron chi connectivity index (χ1n) is 5.36. The molecule has 0 spiro atoms. The molecule has 102 valence electrons. The summed E-state index contributed by atoms with van der Waals surface area (Å²) in [5.74, 6) is -0.516. The van der Waals surface area contributed by atoms with Crippen LogP contribution in [0.3, 0.4) is 0 Å². The molecule has 0 heterocycles. The van der Waals surface area contributed by atoms with Gasteiger partial charge in [0.1, 0.15) is 6.04 Å². The van der Waals surface area contributed by atoms with E-state index in [1.165, 1.54) is 7.11 Å². The van der Waals surface area contributed by atoms with E-state index < -0.39 is 18.1 Å². The summed E-state index contributed by atoms with van der Waals surface area (Å²) < 4.78 is 9.38. The van der Waals surface area contributed by atoms with Crippen LogP contribution in [0.1, 0.15) is 26.2 Å². The summed E-state index contributed by atoms with van der Waals surface area (Å²) in [6.07, 6.45) is 1.46. The van der Waals surface area contributed by atoms with Gasteiger partial charge in [-0.25, -0.2) is 9.59 Å². The van der Waals surface area contributed by atoms with Crippen LogP contribution in [0.4, 0.5) is 4.79 Å². The molecule has 0 saturated carbocycles. The van der Waals surface area contributed by atoms with Crippen molar-refractivity contribution < 1.29 is 19.1 Å². The maximum Gasteiger partial charge on any atom is 0.407 e. The van der Waals surface area contributed by atoms with Gasteiger partial charge in [0, 0.05) is 0 Å². The molecule has 0 bridgehead atoms. The van der Waals surface area contributed by atoms with Crippen molar-refractivity contribution in [2.75, 3.05) is 20.3 Å². The number of carbonyl (C=O) groups is 2. The van der Waals surface area contributed by atoms with Crippen molar-refractivity contribution >= 4 is 24.5 Å². The summed E-state index contributed by atoms with van der Waals surface area (Å²) in [5, 5.41) is 2.41. The van der Waals surface area contributed by atoms with Gasteiger partial charge < -0.3 is 20.5 Å². The van der Waals surface area contributed by atoms with Crippen LogP contribution in [0.25, 0.3) is 0 Å². The molecule has 0 radical (unpaired) electrons. The summed E-state index contributed by atoms with van der Waals surface area (Å²) in [7, 11) is 1.26. The zero-order valence-corrected chi connectivity index (χ0v) is 11.0. The number of amides is 1. The van der Waals surface area contributed by atoms with Crippen LogP contribution >= 0.6 is 12.4 Å². The van der Waals surface area contributed by atoms with E-state index in [0.29, 0.717) is 13.0 Å². The summed E-state index contributed by atoms with van der Waals surface area (Å²) in [5.41, 5.74) is 5.32. The number of nitrogens with one attached hydrogen (secondary N) is 1. The highest BCUT2D eigenvalue weighted by atomic mass is 35.5. The molecule has 6 nitrogen and oxygen atoms in total. The van der Waals surface area contributed by atoms with E-state index in [2.05, 4.69) is 10.1 Å². The van der Waals surface area contributed by atoms with Gasteiger partial charge in [0.25, 0.3) is 0 Å². The molecule has 0 aliphatic rings. The third-order valence-corrected chi connectivity index (χ3v) is 1.96. The maximum atomic E-state index is 11.2. The summed E-state index contributed by atoms with van der Waals surface area (Å²) >= 11 is 0. The van der Waals surface area contributed by atoms with Gasteiger partial charge in [-0.2, -0.15) is 0 Å². The number of ether oxygens (including phenoxy) is 2. The molecule has 0 aliphatic carbocycles. The van der Waals surface area contributed by atoms with E-state index in [1.54, 1.807) is 0 Å². The first kappa shape index (κ1) is 18.4. The number of carbonyl (C=O) groups excluding carboxylic acids is 2. The summed E-state index contributed by atoms with van der Waals surface area (Å²) in [6.45, 7) is 2.63. The molecule has 0 fully saturated rings. The lowest BCUT2D eigenvalue weighted by molar-refractivity contribution is -0.143. The lowest BCUT2D eigenvalue weighted by Crippen LogP contribution is -2.43. The Morgan fingerprint density at radius 2 is 2.06 bits per heavy atom. The van der Waals surface area contributed by atoms with Crippen LogP contribution in [-0.2, 0) is 14.3 Å². The molecule has 1 atom stereocenters. The topological polar surface area (TPSA) is 90.6 Å². The van der Waals surface area contributed by atoms with Crippen LogP contribution in [0, 0.1) is 0 Å². The first-order chi connectivity index (χ1) is 7.65. The number of rotatable bonds is 7. The Hall–Kier alpha value is -1.01. The molecular weight excluding hydrogens is 248 g/mol. The molecule has 0 aromatic carbocycles. The number of alkyl carbamates (subject to hydrolysis) is 1. The fraction of sp³-hybridized carbons (Fsp3) is 0.800. The van der Waals surface area contributed by atoms with Crippen molar-refractivity contribution in [3.8, 4) is 0 Å². The highest BCUT2D eigenvalue weighted by Gasteiger charge is 2.20. The Bertz CT molecular complexity index is 226.